The second-order valence-corrected chi connectivity index (χ2v) is 6.64. The number of nitrogens with one attached hydrogen (secondary N) is 3. The summed E-state index contributed by atoms with van der Waals surface area (Å²) >= 11 is 1.54. The van der Waals surface area contributed by atoms with E-state index in [1.165, 1.54) is 5.56 Å². The Hall–Kier alpha value is -2.99. The van der Waals surface area contributed by atoms with Crippen molar-refractivity contribution in [3.8, 4) is 0 Å². The van der Waals surface area contributed by atoms with E-state index in [9.17, 15) is 4.79 Å². The van der Waals surface area contributed by atoms with Gasteiger partial charge in [-0.05, 0) is 55.3 Å². The van der Waals surface area contributed by atoms with Crippen molar-refractivity contribution < 1.29 is 4.79 Å². The van der Waals surface area contributed by atoms with Crippen molar-refractivity contribution in [2.45, 2.75) is 11.8 Å². The molecule has 3 N–H and O–H groups in total. The van der Waals surface area contributed by atoms with Crippen LogP contribution in [0.15, 0.2) is 59.8 Å². The highest BCUT2D eigenvalue weighted by Gasteiger charge is 2.24. The number of imidazole rings is 1. The number of benzene rings is 2. The van der Waals surface area contributed by atoms with E-state index in [-0.39, 0.29) is 5.91 Å². The third kappa shape index (κ3) is 3.29. The molecule has 4 rings (SSSR count). The van der Waals surface area contributed by atoms with Gasteiger partial charge in [0.2, 0.25) is 0 Å². The number of carbonyl (C=O) groups is 1. The normalized spacial score (nSPS) is 14.4. The number of anilines is 2. The Bertz CT molecular complexity index is 946. The van der Waals surface area contributed by atoms with Gasteiger partial charge in [-0.1, -0.05) is 17.7 Å². The molecule has 0 unspecified atom stereocenters. The molecular weight excluding hydrogens is 332 g/mol. The van der Waals surface area contributed by atoms with Crippen LogP contribution in [0.5, 0.6) is 0 Å². The topological polar surface area (TPSA) is 69.8 Å². The molecule has 1 amide bonds. The number of hydrogen-bond acceptors (Lipinski definition) is 4. The lowest BCUT2D eigenvalue weighted by molar-refractivity contribution is -0.110. The smallest absolute Gasteiger partial charge is 0.256 e. The monoisotopic (exact) mass is 348 g/mol. The Kier molecular flexibility index (Phi) is 4.03. The first-order valence-electron chi connectivity index (χ1n) is 7.85. The molecule has 0 atom stereocenters. The van der Waals surface area contributed by atoms with E-state index < -0.39 is 0 Å². The minimum Gasteiger partial charge on any atom is -0.345 e. The largest absolute Gasteiger partial charge is 0.345 e. The standard InChI is InChI=1S/C19H16N4OS/c1-12-2-5-14(6-3-12)25-23-13-4-7-17-15(10-13)16(19(24)22-17)11-18-20-8-9-21-18/h2-11,23H,1H3,(H,20,21)(H,22,24)/b16-11-. The SMILES string of the molecule is Cc1ccc(SNc2ccc3c(c2)/C(=C/c2ncc[nH]2)C(=O)N3)cc1. The van der Waals surface area contributed by atoms with Crippen molar-refractivity contribution in [2.75, 3.05) is 10.0 Å². The summed E-state index contributed by atoms with van der Waals surface area (Å²) in [5, 5.41) is 2.88. The molecule has 1 aromatic heterocycles. The zero-order valence-corrected chi connectivity index (χ0v) is 14.4. The molecule has 1 aliphatic heterocycles. The average molecular weight is 348 g/mol. The Morgan fingerprint density at radius 2 is 2.00 bits per heavy atom. The van der Waals surface area contributed by atoms with Crippen LogP contribution in [0.1, 0.15) is 17.0 Å². The van der Waals surface area contributed by atoms with E-state index in [2.05, 4.69) is 51.2 Å². The molecule has 1 aliphatic rings. The molecule has 0 spiro atoms. The number of H-pyrrole nitrogens is 1. The number of rotatable bonds is 4. The van der Waals surface area contributed by atoms with Gasteiger partial charge in [-0.3, -0.25) is 4.79 Å². The lowest BCUT2D eigenvalue weighted by Crippen LogP contribution is -2.03. The van der Waals surface area contributed by atoms with E-state index in [1.54, 1.807) is 30.4 Å². The van der Waals surface area contributed by atoms with Crippen LogP contribution in [0.4, 0.5) is 11.4 Å². The minimum absolute atomic E-state index is 0.116. The van der Waals surface area contributed by atoms with Gasteiger partial charge >= 0.3 is 0 Å². The summed E-state index contributed by atoms with van der Waals surface area (Å²) < 4.78 is 3.33. The first-order chi connectivity index (χ1) is 12.2. The molecule has 0 radical (unpaired) electrons. The highest BCUT2D eigenvalue weighted by atomic mass is 32.2. The zero-order chi connectivity index (χ0) is 17.2. The Balaban J connectivity index is 1.58. The lowest BCUT2D eigenvalue weighted by Gasteiger charge is -2.07. The van der Waals surface area contributed by atoms with Crippen molar-refractivity contribution in [1.29, 1.82) is 0 Å². The van der Waals surface area contributed by atoms with Crippen LogP contribution in [0.2, 0.25) is 0 Å². The average Bonchev–Trinajstić information content (AvgIpc) is 3.23. The molecule has 0 aliphatic carbocycles. The fraction of sp³-hybridized carbons (Fsp3) is 0.0526. The Morgan fingerprint density at radius 3 is 2.76 bits per heavy atom. The van der Waals surface area contributed by atoms with Gasteiger partial charge in [0.25, 0.3) is 5.91 Å². The first-order valence-corrected chi connectivity index (χ1v) is 8.67. The van der Waals surface area contributed by atoms with Crippen LogP contribution in [0.25, 0.3) is 11.6 Å². The van der Waals surface area contributed by atoms with Crippen molar-refractivity contribution in [3.05, 3.63) is 71.8 Å². The summed E-state index contributed by atoms with van der Waals surface area (Å²) in [5.41, 5.74) is 4.46. The fourth-order valence-corrected chi connectivity index (χ4v) is 3.25. The summed E-state index contributed by atoms with van der Waals surface area (Å²) in [5.74, 6) is 0.542. The molecule has 0 fully saturated rings. The van der Waals surface area contributed by atoms with Crippen LogP contribution >= 0.6 is 11.9 Å². The van der Waals surface area contributed by atoms with E-state index in [4.69, 9.17) is 0 Å². The van der Waals surface area contributed by atoms with E-state index in [1.807, 2.05) is 18.2 Å². The number of nitrogens with zero attached hydrogens (tertiary/aromatic N) is 1. The molecule has 5 nitrogen and oxygen atoms in total. The van der Waals surface area contributed by atoms with Crippen LogP contribution in [-0.2, 0) is 4.79 Å². The molecule has 0 bridgehead atoms. The Labute approximate surface area is 149 Å². The summed E-state index contributed by atoms with van der Waals surface area (Å²) in [4.78, 5) is 20.5. The quantitative estimate of drug-likeness (QED) is 0.485. The number of aryl methyl sites for hydroxylation is 1. The lowest BCUT2D eigenvalue weighted by atomic mass is 10.1. The number of hydrogen-bond donors (Lipinski definition) is 3. The summed E-state index contributed by atoms with van der Waals surface area (Å²) in [6, 6.07) is 14.2. The number of aromatic amines is 1. The molecule has 3 aromatic rings. The summed E-state index contributed by atoms with van der Waals surface area (Å²) in [7, 11) is 0. The molecule has 2 aromatic carbocycles. The number of aromatic nitrogens is 2. The van der Waals surface area contributed by atoms with Gasteiger partial charge in [0.15, 0.2) is 0 Å². The van der Waals surface area contributed by atoms with Crippen molar-refractivity contribution >= 4 is 40.9 Å². The van der Waals surface area contributed by atoms with Gasteiger partial charge in [-0.25, -0.2) is 4.98 Å². The van der Waals surface area contributed by atoms with Gasteiger partial charge in [0.05, 0.1) is 5.57 Å². The maximum Gasteiger partial charge on any atom is 0.256 e. The van der Waals surface area contributed by atoms with E-state index >= 15 is 0 Å². The minimum atomic E-state index is -0.116. The van der Waals surface area contributed by atoms with E-state index in [0.29, 0.717) is 11.4 Å². The Morgan fingerprint density at radius 1 is 1.16 bits per heavy atom. The third-order valence-electron chi connectivity index (χ3n) is 3.91. The molecule has 0 saturated heterocycles. The highest BCUT2D eigenvalue weighted by molar-refractivity contribution is 8.00. The van der Waals surface area contributed by atoms with Crippen molar-refractivity contribution in [2.24, 2.45) is 0 Å². The number of carbonyl (C=O) groups excluding carboxylic acids is 1. The van der Waals surface area contributed by atoms with Gasteiger partial charge in [0, 0.05) is 34.2 Å². The molecule has 124 valence electrons. The molecule has 25 heavy (non-hydrogen) atoms. The van der Waals surface area contributed by atoms with Gasteiger partial charge in [-0.15, -0.1) is 0 Å². The molecule has 6 heteroatoms. The third-order valence-corrected chi connectivity index (χ3v) is 4.76. The summed E-state index contributed by atoms with van der Waals surface area (Å²) in [6.45, 7) is 2.07. The fourth-order valence-electron chi connectivity index (χ4n) is 2.61. The molecule has 0 saturated carbocycles. The van der Waals surface area contributed by atoms with Crippen LogP contribution < -0.4 is 10.0 Å². The number of fused-ring (bicyclic) bond motifs is 1. The first kappa shape index (κ1) is 15.5. The second-order valence-electron chi connectivity index (χ2n) is 5.76. The summed E-state index contributed by atoms with van der Waals surface area (Å²) in [6.07, 6.45) is 5.16. The van der Waals surface area contributed by atoms with Gasteiger partial charge in [-0.2, -0.15) is 0 Å². The molecular formula is C19H16N4OS. The number of amides is 1. The zero-order valence-electron chi connectivity index (χ0n) is 13.5. The van der Waals surface area contributed by atoms with Gasteiger partial charge in [0.1, 0.15) is 5.82 Å². The predicted octanol–water partition coefficient (Wildman–Crippen LogP) is 4.33. The van der Waals surface area contributed by atoms with Crippen LogP contribution in [0, 0.1) is 6.92 Å². The van der Waals surface area contributed by atoms with Crippen LogP contribution in [-0.4, -0.2) is 15.9 Å². The highest BCUT2D eigenvalue weighted by Crippen LogP contribution is 2.35. The van der Waals surface area contributed by atoms with Gasteiger partial charge < -0.3 is 15.0 Å². The van der Waals surface area contributed by atoms with Crippen molar-refractivity contribution in [1.82, 2.24) is 9.97 Å². The van der Waals surface area contributed by atoms with Crippen LogP contribution in [0.3, 0.4) is 0 Å². The van der Waals surface area contributed by atoms with Crippen molar-refractivity contribution in [3.63, 3.8) is 0 Å². The van der Waals surface area contributed by atoms with E-state index in [0.717, 1.165) is 21.8 Å². The maximum absolute atomic E-state index is 12.2. The predicted molar refractivity (Wildman–Crippen MR) is 102 cm³/mol. The maximum atomic E-state index is 12.2. The molecule has 2 heterocycles. The second kappa shape index (κ2) is 6.49.